The van der Waals surface area contributed by atoms with Crippen molar-refractivity contribution in [2.45, 2.75) is 63.3 Å². The first-order valence-corrected chi connectivity index (χ1v) is 15.8. The van der Waals surface area contributed by atoms with Gasteiger partial charge in [0, 0.05) is 43.7 Å². The molecule has 0 radical (unpaired) electrons. The Bertz CT molecular complexity index is 1740. The molecule has 224 valence electrons. The van der Waals surface area contributed by atoms with Crippen molar-refractivity contribution in [2.75, 3.05) is 24.6 Å². The maximum atomic E-state index is 14.9. The summed E-state index contributed by atoms with van der Waals surface area (Å²) in [7, 11) is 0. The zero-order valence-corrected chi connectivity index (χ0v) is 25.0. The van der Waals surface area contributed by atoms with Crippen LogP contribution in [0.3, 0.4) is 0 Å². The van der Waals surface area contributed by atoms with Crippen LogP contribution in [0.25, 0.3) is 10.3 Å². The van der Waals surface area contributed by atoms with E-state index in [0.717, 1.165) is 60.8 Å². The molecule has 2 aromatic heterocycles. The van der Waals surface area contributed by atoms with E-state index in [4.69, 9.17) is 30.8 Å². The van der Waals surface area contributed by atoms with Gasteiger partial charge in [-0.3, -0.25) is 4.90 Å². The maximum Gasteiger partial charge on any atom is 0.346 e. The molecule has 4 aliphatic rings. The largest absolute Gasteiger partial charge is 0.477 e. The van der Waals surface area contributed by atoms with Crippen molar-refractivity contribution in [2.24, 2.45) is 0 Å². The minimum atomic E-state index is -1.30. The van der Waals surface area contributed by atoms with E-state index >= 15 is 0 Å². The Labute approximate surface area is 256 Å². The number of benzene rings is 2. The predicted octanol–water partition coefficient (Wildman–Crippen LogP) is 5.87. The van der Waals surface area contributed by atoms with Crippen LogP contribution in [-0.2, 0) is 23.6 Å². The summed E-state index contributed by atoms with van der Waals surface area (Å²) < 4.78 is 35.4. The Morgan fingerprint density at radius 3 is 2.65 bits per heavy atom. The molecule has 4 aliphatic heterocycles. The Balaban J connectivity index is 1.04. The van der Waals surface area contributed by atoms with Crippen LogP contribution in [0.4, 0.5) is 10.1 Å². The Morgan fingerprint density at radius 1 is 1.16 bits per heavy atom. The third-order valence-electron chi connectivity index (χ3n) is 9.20. The number of imidazole rings is 1. The van der Waals surface area contributed by atoms with Crippen molar-refractivity contribution in [1.29, 1.82) is 0 Å². The number of ether oxygens (including phenoxy) is 3. The quantitative estimate of drug-likeness (QED) is 0.273. The van der Waals surface area contributed by atoms with Gasteiger partial charge >= 0.3 is 5.97 Å². The Kier molecular flexibility index (Phi) is 6.38. The van der Waals surface area contributed by atoms with Gasteiger partial charge in [-0.15, -0.1) is 11.3 Å². The number of carbonyl (C=O) groups is 1. The SMILES string of the molecule is CC1(c2ccc(Cl)cc2F)Oc2cccc(N3CC4CCC(C3)N4Cc3nc4sc(C(=O)O)cc4n3CC3CCO3)c2O1. The fourth-order valence-electron chi connectivity index (χ4n) is 6.96. The molecule has 0 spiro atoms. The number of aromatic nitrogens is 2. The lowest BCUT2D eigenvalue weighted by atomic mass is 10.1. The van der Waals surface area contributed by atoms with E-state index in [-0.39, 0.29) is 6.10 Å². The van der Waals surface area contributed by atoms with Gasteiger partial charge in [0.25, 0.3) is 5.79 Å². The summed E-state index contributed by atoms with van der Waals surface area (Å²) in [6, 6.07) is 12.7. The number of thiophene rings is 1. The van der Waals surface area contributed by atoms with E-state index in [1.54, 1.807) is 25.1 Å². The van der Waals surface area contributed by atoms with Gasteiger partial charge in [0.1, 0.15) is 21.3 Å². The fraction of sp³-hybridized carbons (Fsp3) is 0.419. The van der Waals surface area contributed by atoms with Crippen molar-refractivity contribution in [3.05, 3.63) is 69.6 Å². The molecule has 2 bridgehead atoms. The highest BCUT2D eigenvalue weighted by Crippen LogP contribution is 2.51. The molecule has 1 N–H and O–H groups in total. The summed E-state index contributed by atoms with van der Waals surface area (Å²) in [5.41, 5.74) is 2.11. The molecule has 12 heteroatoms. The molecule has 4 aromatic rings. The van der Waals surface area contributed by atoms with E-state index in [0.29, 0.717) is 52.1 Å². The van der Waals surface area contributed by atoms with Gasteiger partial charge < -0.3 is 28.8 Å². The van der Waals surface area contributed by atoms with Crippen LogP contribution < -0.4 is 14.4 Å². The number of anilines is 1. The lowest BCUT2D eigenvalue weighted by Crippen LogP contribution is -2.53. The topological polar surface area (TPSA) is 89.3 Å². The molecule has 0 amide bonds. The normalized spacial score (nSPS) is 26.3. The average Bonchev–Trinajstić information content (AvgIpc) is 3.65. The van der Waals surface area contributed by atoms with Gasteiger partial charge in [0.2, 0.25) is 0 Å². The number of piperazine rings is 1. The molecule has 0 aliphatic carbocycles. The van der Waals surface area contributed by atoms with Crippen molar-refractivity contribution >= 4 is 44.9 Å². The lowest BCUT2D eigenvalue weighted by molar-refractivity contribution is -0.0705. The second-order valence-electron chi connectivity index (χ2n) is 11.9. The van der Waals surface area contributed by atoms with Crippen LogP contribution in [0, 0.1) is 5.82 Å². The smallest absolute Gasteiger partial charge is 0.346 e. The van der Waals surface area contributed by atoms with Crippen LogP contribution >= 0.6 is 22.9 Å². The van der Waals surface area contributed by atoms with Gasteiger partial charge in [-0.2, -0.15) is 0 Å². The summed E-state index contributed by atoms with van der Waals surface area (Å²) in [5, 5.41) is 9.84. The molecule has 8 rings (SSSR count). The summed E-state index contributed by atoms with van der Waals surface area (Å²) >= 11 is 7.22. The van der Waals surface area contributed by atoms with E-state index in [2.05, 4.69) is 14.4 Å². The van der Waals surface area contributed by atoms with Crippen LogP contribution in [0.1, 0.15) is 47.2 Å². The fourth-order valence-corrected chi connectivity index (χ4v) is 8.01. The summed E-state index contributed by atoms with van der Waals surface area (Å²) in [4.78, 5) is 22.5. The van der Waals surface area contributed by atoms with E-state index in [1.165, 1.54) is 17.4 Å². The molecule has 6 heterocycles. The number of rotatable bonds is 7. The van der Waals surface area contributed by atoms with Crippen molar-refractivity contribution < 1.29 is 28.5 Å². The van der Waals surface area contributed by atoms with Crippen LogP contribution in [-0.4, -0.2) is 63.4 Å². The van der Waals surface area contributed by atoms with Gasteiger partial charge in [0.15, 0.2) is 11.5 Å². The molecular weight excluding hydrogens is 595 g/mol. The third-order valence-corrected chi connectivity index (χ3v) is 10.4. The van der Waals surface area contributed by atoms with Crippen molar-refractivity contribution in [1.82, 2.24) is 14.5 Å². The Hall–Kier alpha value is -3.38. The Morgan fingerprint density at radius 2 is 1.95 bits per heavy atom. The number of hydrogen-bond donors (Lipinski definition) is 1. The van der Waals surface area contributed by atoms with Gasteiger partial charge in [-0.1, -0.05) is 17.7 Å². The molecule has 9 nitrogen and oxygen atoms in total. The lowest BCUT2D eigenvalue weighted by Gasteiger charge is -2.42. The number of carboxylic acids is 1. The standard InChI is InChI=1S/C31H30ClFN4O5S/c1-31(21-8-5-17(32)11-22(21)33)41-25-4-2-3-23(28(25)42-31)35-13-18-6-7-19(14-35)36(18)16-27-34-29-24(12-26(43-29)30(38)39)37(27)15-20-9-10-40-20/h2-5,8,11-12,18-20H,6-7,9-10,13-16H2,1H3,(H,38,39). The zero-order valence-electron chi connectivity index (χ0n) is 23.5. The minimum Gasteiger partial charge on any atom is -0.477 e. The minimum absolute atomic E-state index is 0.132. The highest BCUT2D eigenvalue weighted by molar-refractivity contribution is 7.20. The summed E-state index contributed by atoms with van der Waals surface area (Å²) in [6.07, 6.45) is 3.28. The molecule has 2 aromatic carbocycles. The first kappa shape index (κ1) is 27.2. The number of nitrogens with zero attached hydrogens (tertiary/aromatic N) is 4. The number of fused-ring (bicyclic) bond motifs is 4. The number of halogens is 2. The van der Waals surface area contributed by atoms with Crippen LogP contribution in [0.2, 0.25) is 5.02 Å². The number of para-hydroxylation sites is 1. The molecular formula is C31H30ClFN4O5S. The second kappa shape index (κ2) is 10.1. The highest BCUT2D eigenvalue weighted by atomic mass is 35.5. The highest BCUT2D eigenvalue weighted by Gasteiger charge is 2.45. The van der Waals surface area contributed by atoms with E-state index in [9.17, 15) is 14.3 Å². The van der Waals surface area contributed by atoms with E-state index < -0.39 is 17.6 Å². The molecule has 3 fully saturated rings. The van der Waals surface area contributed by atoms with Gasteiger partial charge in [0.05, 0.1) is 36.0 Å². The first-order valence-electron chi connectivity index (χ1n) is 14.6. The third kappa shape index (κ3) is 4.56. The first-order chi connectivity index (χ1) is 20.8. The molecule has 4 atom stereocenters. The number of aromatic carboxylic acids is 1. The maximum absolute atomic E-state index is 14.9. The molecule has 3 saturated heterocycles. The molecule has 43 heavy (non-hydrogen) atoms. The van der Waals surface area contributed by atoms with Gasteiger partial charge in [-0.05, 0) is 55.7 Å². The monoisotopic (exact) mass is 624 g/mol. The summed E-state index contributed by atoms with van der Waals surface area (Å²) in [6.45, 7) is 5.49. The van der Waals surface area contributed by atoms with Crippen LogP contribution in [0.15, 0.2) is 42.5 Å². The average molecular weight is 625 g/mol. The van der Waals surface area contributed by atoms with Crippen molar-refractivity contribution in [3.8, 4) is 11.5 Å². The molecule has 4 unspecified atom stereocenters. The second-order valence-corrected chi connectivity index (χ2v) is 13.3. The van der Waals surface area contributed by atoms with Crippen LogP contribution in [0.5, 0.6) is 11.5 Å². The van der Waals surface area contributed by atoms with Gasteiger partial charge in [-0.25, -0.2) is 14.2 Å². The number of hydrogen-bond acceptors (Lipinski definition) is 8. The zero-order chi connectivity index (χ0) is 29.5. The number of carboxylic acid groups (broad SMARTS) is 1. The summed E-state index contributed by atoms with van der Waals surface area (Å²) in [5.74, 6) is -0.537. The van der Waals surface area contributed by atoms with E-state index in [1.807, 2.05) is 18.2 Å². The predicted molar refractivity (Wildman–Crippen MR) is 160 cm³/mol. The molecule has 0 saturated carbocycles. The van der Waals surface area contributed by atoms with Crippen molar-refractivity contribution in [3.63, 3.8) is 0 Å².